The Kier molecular flexibility index (Phi) is 2.63. The van der Waals surface area contributed by atoms with Crippen LogP contribution in [0.1, 0.15) is 0 Å². The molecule has 2 aromatic rings. The van der Waals surface area contributed by atoms with E-state index in [0.717, 1.165) is 17.4 Å². The molecule has 0 unspecified atom stereocenters. The van der Waals surface area contributed by atoms with Crippen molar-refractivity contribution in [2.45, 2.75) is 0 Å². The van der Waals surface area contributed by atoms with Gasteiger partial charge in [0.1, 0.15) is 11.0 Å². The fourth-order valence-corrected chi connectivity index (χ4v) is 1.06. The zero-order valence-corrected chi connectivity index (χ0v) is 7.98. The predicted molar refractivity (Wildman–Crippen MR) is 53.4 cm³/mol. The van der Waals surface area contributed by atoms with Gasteiger partial charge in [-0.05, 0) is 22.6 Å². The lowest BCUT2D eigenvalue weighted by molar-refractivity contribution is 0.237. The molecule has 0 bridgehead atoms. The summed E-state index contributed by atoms with van der Waals surface area (Å²) in [7, 11) is 1.52. The van der Waals surface area contributed by atoms with Crippen LogP contribution >= 0.6 is 0 Å². The summed E-state index contributed by atoms with van der Waals surface area (Å²) in [4.78, 5) is 6.31. The van der Waals surface area contributed by atoms with Crippen molar-refractivity contribution in [1.82, 2.24) is 15.2 Å². The molecule has 0 atom stereocenters. The van der Waals surface area contributed by atoms with Crippen molar-refractivity contribution in [3.05, 3.63) is 24.3 Å². The molecule has 0 spiro atoms. The molecule has 0 aliphatic heterocycles. The van der Waals surface area contributed by atoms with Crippen LogP contribution in [-0.2, 0) is 0 Å². The Bertz CT molecular complexity index is 503. The third-order valence-electron chi connectivity index (χ3n) is 1.66. The minimum absolute atomic E-state index is 0.753. The number of benzene rings is 1. The van der Waals surface area contributed by atoms with E-state index < -0.39 is 0 Å². The van der Waals surface area contributed by atoms with Crippen molar-refractivity contribution >= 4 is 17.4 Å². The predicted octanol–water partition coefficient (Wildman–Crippen LogP) is 0.885. The summed E-state index contributed by atoms with van der Waals surface area (Å²) >= 11 is 0. The lowest BCUT2D eigenvalue weighted by atomic mass is 10.3. The second-order valence-electron chi connectivity index (χ2n) is 2.57. The van der Waals surface area contributed by atoms with Crippen LogP contribution in [0, 0.1) is 0 Å². The summed E-state index contributed by atoms with van der Waals surface area (Å²) in [6.07, 6.45) is 1.13. The summed E-state index contributed by atoms with van der Waals surface area (Å²) < 4.78 is 0. The SMILES string of the molecule is CN=NN=COn1nnc2ccccc21. The van der Waals surface area contributed by atoms with E-state index in [0.29, 0.717) is 0 Å². The number of para-hydroxylation sites is 1. The first-order valence-electron chi connectivity index (χ1n) is 4.20. The van der Waals surface area contributed by atoms with Gasteiger partial charge in [0.05, 0.1) is 7.05 Å². The highest BCUT2D eigenvalue weighted by Gasteiger charge is 2.01. The van der Waals surface area contributed by atoms with Gasteiger partial charge in [0.2, 0.25) is 6.40 Å². The van der Waals surface area contributed by atoms with Crippen LogP contribution < -0.4 is 4.84 Å². The molecular weight excluding hydrogens is 196 g/mol. The standard InChI is InChI=1S/C8H8N6O/c1-9-12-10-6-15-14-8-5-3-2-4-7(8)11-13-14/h2-6H,1H3. The Morgan fingerprint density at radius 2 is 2.27 bits per heavy atom. The third kappa shape index (κ3) is 1.96. The van der Waals surface area contributed by atoms with Crippen molar-refractivity contribution < 1.29 is 4.84 Å². The van der Waals surface area contributed by atoms with Crippen molar-refractivity contribution in [3.63, 3.8) is 0 Å². The maximum atomic E-state index is 5.06. The molecule has 2 rings (SSSR count). The molecule has 7 nitrogen and oxygen atoms in total. The van der Waals surface area contributed by atoms with Gasteiger partial charge in [-0.25, -0.2) is 0 Å². The molecule has 1 aromatic heterocycles. The topological polar surface area (TPSA) is 77.0 Å². The highest BCUT2D eigenvalue weighted by molar-refractivity contribution is 5.73. The Balaban J connectivity index is 2.21. The summed E-state index contributed by atoms with van der Waals surface area (Å²) in [5.41, 5.74) is 1.51. The summed E-state index contributed by atoms with van der Waals surface area (Å²) in [5, 5.41) is 17.9. The second-order valence-corrected chi connectivity index (χ2v) is 2.57. The fourth-order valence-electron chi connectivity index (χ4n) is 1.06. The molecule has 0 N–H and O–H groups in total. The summed E-state index contributed by atoms with van der Waals surface area (Å²) in [6.45, 7) is 0. The van der Waals surface area contributed by atoms with E-state index in [1.807, 2.05) is 24.3 Å². The van der Waals surface area contributed by atoms with Crippen molar-refractivity contribution in [2.24, 2.45) is 15.4 Å². The van der Waals surface area contributed by atoms with Gasteiger partial charge in [-0.15, -0.1) is 5.10 Å². The molecule has 7 heteroatoms. The molecule has 0 aliphatic carbocycles. The van der Waals surface area contributed by atoms with Gasteiger partial charge < -0.3 is 4.84 Å². The maximum absolute atomic E-state index is 5.06. The van der Waals surface area contributed by atoms with E-state index in [9.17, 15) is 0 Å². The largest absolute Gasteiger partial charge is 0.342 e. The van der Waals surface area contributed by atoms with Crippen LogP contribution in [0.5, 0.6) is 0 Å². The Hall–Kier alpha value is -2.31. The van der Waals surface area contributed by atoms with Gasteiger partial charge in [-0.2, -0.15) is 5.11 Å². The van der Waals surface area contributed by atoms with Crippen LogP contribution in [0.3, 0.4) is 0 Å². The maximum Gasteiger partial charge on any atom is 0.233 e. The van der Waals surface area contributed by atoms with E-state index in [1.54, 1.807) is 0 Å². The van der Waals surface area contributed by atoms with Crippen molar-refractivity contribution in [1.29, 1.82) is 0 Å². The first-order valence-corrected chi connectivity index (χ1v) is 4.20. The molecule has 0 saturated heterocycles. The molecule has 1 heterocycles. The van der Waals surface area contributed by atoms with Gasteiger partial charge in [-0.3, -0.25) is 0 Å². The lowest BCUT2D eigenvalue weighted by Crippen LogP contribution is -2.10. The molecule has 0 saturated carbocycles. The smallest absolute Gasteiger partial charge is 0.233 e. The minimum atomic E-state index is 0.753. The molecule has 1 aromatic carbocycles. The zero-order chi connectivity index (χ0) is 10.5. The lowest BCUT2D eigenvalue weighted by Gasteiger charge is -1.95. The average Bonchev–Trinajstić information content (AvgIpc) is 2.68. The van der Waals surface area contributed by atoms with E-state index in [4.69, 9.17) is 4.84 Å². The van der Waals surface area contributed by atoms with Crippen molar-refractivity contribution in [2.75, 3.05) is 7.05 Å². The van der Waals surface area contributed by atoms with Gasteiger partial charge in [-0.1, -0.05) is 22.1 Å². The van der Waals surface area contributed by atoms with Gasteiger partial charge in [0.25, 0.3) is 0 Å². The highest BCUT2D eigenvalue weighted by Crippen LogP contribution is 2.07. The summed E-state index contributed by atoms with van der Waals surface area (Å²) in [5.74, 6) is 0. The molecular formula is C8H8N6O. The Labute approximate surface area is 85.0 Å². The number of fused-ring (bicyclic) bond motifs is 1. The van der Waals surface area contributed by atoms with Crippen LogP contribution in [0.4, 0.5) is 0 Å². The van der Waals surface area contributed by atoms with Crippen LogP contribution in [0.15, 0.2) is 39.7 Å². The number of aromatic nitrogens is 3. The van der Waals surface area contributed by atoms with Crippen molar-refractivity contribution in [3.8, 4) is 0 Å². The minimum Gasteiger partial charge on any atom is -0.342 e. The number of hydrogen-bond acceptors (Lipinski definition) is 5. The Morgan fingerprint density at radius 1 is 1.40 bits per heavy atom. The van der Waals surface area contributed by atoms with E-state index in [2.05, 4.69) is 25.8 Å². The summed E-state index contributed by atoms with van der Waals surface area (Å²) in [6, 6.07) is 7.42. The molecule has 15 heavy (non-hydrogen) atoms. The van der Waals surface area contributed by atoms with E-state index in [-0.39, 0.29) is 0 Å². The van der Waals surface area contributed by atoms with Crippen LogP contribution in [0.2, 0.25) is 0 Å². The monoisotopic (exact) mass is 204 g/mol. The number of hydrogen-bond donors (Lipinski definition) is 0. The van der Waals surface area contributed by atoms with Crippen LogP contribution in [0.25, 0.3) is 11.0 Å². The van der Waals surface area contributed by atoms with Gasteiger partial charge >= 0.3 is 0 Å². The number of nitrogens with zero attached hydrogens (tertiary/aromatic N) is 6. The molecule has 0 aliphatic rings. The average molecular weight is 204 g/mol. The third-order valence-corrected chi connectivity index (χ3v) is 1.66. The molecule has 0 amide bonds. The first-order chi connectivity index (χ1) is 7.42. The highest BCUT2D eigenvalue weighted by atomic mass is 16.7. The quantitative estimate of drug-likeness (QED) is 0.322. The van der Waals surface area contributed by atoms with E-state index >= 15 is 0 Å². The zero-order valence-electron chi connectivity index (χ0n) is 7.98. The van der Waals surface area contributed by atoms with Gasteiger partial charge in [0, 0.05) is 0 Å². The molecule has 0 radical (unpaired) electrons. The molecule has 0 fully saturated rings. The first kappa shape index (κ1) is 9.25. The second kappa shape index (κ2) is 4.27. The van der Waals surface area contributed by atoms with Crippen LogP contribution in [-0.4, -0.2) is 28.6 Å². The Morgan fingerprint density at radius 3 is 3.13 bits per heavy atom. The fraction of sp³-hybridized carbons (Fsp3) is 0.125. The van der Waals surface area contributed by atoms with E-state index in [1.165, 1.54) is 11.9 Å². The number of rotatable bonds is 3. The molecule has 76 valence electrons. The van der Waals surface area contributed by atoms with Gasteiger partial charge in [0.15, 0.2) is 0 Å². The normalized spacial score (nSPS) is 11.8.